The van der Waals surface area contributed by atoms with Crippen molar-refractivity contribution < 1.29 is 19.4 Å². The lowest BCUT2D eigenvalue weighted by molar-refractivity contribution is -0.136. The maximum atomic E-state index is 12.0. The number of hydrazone groups is 1. The summed E-state index contributed by atoms with van der Waals surface area (Å²) in [7, 11) is 0. The Hall–Kier alpha value is -3.15. The highest BCUT2D eigenvalue weighted by Gasteiger charge is 2.16. The van der Waals surface area contributed by atoms with Gasteiger partial charge in [-0.1, -0.05) is 42.5 Å². The fraction of sp³-hybridized carbons (Fsp3) is 0.0625. The van der Waals surface area contributed by atoms with Crippen LogP contribution in [0.4, 0.5) is 0 Å². The molecule has 0 saturated carbocycles. The Labute approximate surface area is 126 Å². The molecule has 0 aliphatic heterocycles. The number of carboxylic acid groups (broad SMARTS) is 1. The monoisotopic (exact) mass is 298 g/mol. The van der Waals surface area contributed by atoms with Gasteiger partial charge in [-0.3, -0.25) is 0 Å². The van der Waals surface area contributed by atoms with E-state index >= 15 is 0 Å². The minimum absolute atomic E-state index is 0.0622. The largest absolute Gasteiger partial charge is 0.478 e. The molecule has 0 heterocycles. The van der Waals surface area contributed by atoms with Crippen LogP contribution < -0.4 is 5.84 Å². The van der Waals surface area contributed by atoms with Gasteiger partial charge in [0, 0.05) is 5.56 Å². The van der Waals surface area contributed by atoms with Crippen LogP contribution in [-0.2, 0) is 16.1 Å². The Balaban J connectivity index is 2.07. The summed E-state index contributed by atoms with van der Waals surface area (Å²) in [5.74, 6) is 3.52. The third-order valence-corrected chi connectivity index (χ3v) is 2.94. The number of benzene rings is 2. The summed E-state index contributed by atoms with van der Waals surface area (Å²) in [5, 5.41) is 12.3. The van der Waals surface area contributed by atoms with Crippen LogP contribution >= 0.6 is 0 Å². The van der Waals surface area contributed by atoms with E-state index in [1.807, 2.05) is 30.3 Å². The standard InChI is InChI=1S/C16H14N2O4/c17-18-14(12-6-8-13(9-7-12)15(19)20)16(21)22-10-11-4-2-1-3-5-11/h1-9H,10,17H2,(H,19,20). The van der Waals surface area contributed by atoms with E-state index in [9.17, 15) is 9.59 Å². The number of hydrogen-bond acceptors (Lipinski definition) is 5. The van der Waals surface area contributed by atoms with Crippen molar-refractivity contribution in [1.29, 1.82) is 0 Å². The molecule has 6 nitrogen and oxygen atoms in total. The minimum Gasteiger partial charge on any atom is -0.478 e. The third-order valence-electron chi connectivity index (χ3n) is 2.94. The molecule has 0 aliphatic carbocycles. The Morgan fingerprint density at radius 2 is 1.59 bits per heavy atom. The van der Waals surface area contributed by atoms with Crippen molar-refractivity contribution in [3.05, 3.63) is 71.3 Å². The molecule has 0 atom stereocenters. The molecular weight excluding hydrogens is 284 g/mol. The number of carbonyl (C=O) groups excluding carboxylic acids is 1. The molecule has 22 heavy (non-hydrogen) atoms. The predicted octanol–water partition coefficient (Wildman–Crippen LogP) is 1.79. The zero-order valence-corrected chi connectivity index (χ0v) is 11.6. The zero-order valence-electron chi connectivity index (χ0n) is 11.6. The van der Waals surface area contributed by atoms with Crippen LogP contribution in [0, 0.1) is 0 Å². The van der Waals surface area contributed by atoms with Crippen molar-refractivity contribution >= 4 is 17.7 Å². The van der Waals surface area contributed by atoms with E-state index in [-0.39, 0.29) is 17.9 Å². The number of carbonyl (C=O) groups is 2. The van der Waals surface area contributed by atoms with Crippen molar-refractivity contribution in [2.45, 2.75) is 6.61 Å². The number of carboxylic acids is 1. The van der Waals surface area contributed by atoms with Crippen LogP contribution in [0.15, 0.2) is 59.7 Å². The maximum Gasteiger partial charge on any atom is 0.359 e. The number of nitrogens with two attached hydrogens (primary N) is 1. The topological polar surface area (TPSA) is 102 Å². The van der Waals surface area contributed by atoms with Gasteiger partial charge in [0.2, 0.25) is 0 Å². The van der Waals surface area contributed by atoms with E-state index in [2.05, 4.69) is 5.10 Å². The highest BCUT2D eigenvalue weighted by Crippen LogP contribution is 2.08. The summed E-state index contributed by atoms with van der Waals surface area (Å²) in [6.45, 7) is 0.103. The van der Waals surface area contributed by atoms with E-state index in [0.717, 1.165) is 5.56 Å². The summed E-state index contributed by atoms with van der Waals surface area (Å²) >= 11 is 0. The van der Waals surface area contributed by atoms with Gasteiger partial charge in [0.1, 0.15) is 6.61 Å². The summed E-state index contributed by atoms with van der Waals surface area (Å²) in [4.78, 5) is 22.8. The molecule has 0 aliphatic rings. The van der Waals surface area contributed by atoms with E-state index < -0.39 is 11.9 Å². The molecule has 3 N–H and O–H groups in total. The second-order valence-corrected chi connectivity index (χ2v) is 4.42. The molecule has 112 valence electrons. The minimum atomic E-state index is -1.05. The zero-order chi connectivity index (χ0) is 15.9. The van der Waals surface area contributed by atoms with Crippen LogP contribution in [0.25, 0.3) is 0 Å². The molecule has 0 aromatic heterocycles. The SMILES string of the molecule is NN=C(C(=O)OCc1ccccc1)c1ccc(C(=O)O)cc1. The highest BCUT2D eigenvalue weighted by atomic mass is 16.5. The van der Waals surface area contributed by atoms with Crippen molar-refractivity contribution in [3.8, 4) is 0 Å². The summed E-state index contributed by atoms with van der Waals surface area (Å²) in [5.41, 5.74) is 1.28. The van der Waals surface area contributed by atoms with E-state index in [0.29, 0.717) is 5.56 Å². The molecule has 0 amide bonds. The van der Waals surface area contributed by atoms with Crippen molar-refractivity contribution in [3.63, 3.8) is 0 Å². The average Bonchev–Trinajstić information content (AvgIpc) is 2.55. The Bertz CT molecular complexity index is 694. The van der Waals surface area contributed by atoms with Crippen LogP contribution in [0.1, 0.15) is 21.5 Å². The van der Waals surface area contributed by atoms with E-state index in [1.54, 1.807) is 0 Å². The van der Waals surface area contributed by atoms with Crippen molar-refractivity contribution in [2.24, 2.45) is 10.9 Å². The first kappa shape index (κ1) is 15.2. The van der Waals surface area contributed by atoms with Gasteiger partial charge in [0.05, 0.1) is 5.56 Å². The van der Waals surface area contributed by atoms with Crippen molar-refractivity contribution in [2.75, 3.05) is 0 Å². The van der Waals surface area contributed by atoms with Gasteiger partial charge >= 0.3 is 11.9 Å². The van der Waals surface area contributed by atoms with Gasteiger partial charge in [-0.2, -0.15) is 5.10 Å². The average molecular weight is 298 g/mol. The maximum absolute atomic E-state index is 12.0. The quantitative estimate of drug-likeness (QED) is 0.379. The van der Waals surface area contributed by atoms with E-state index in [1.165, 1.54) is 24.3 Å². The lowest BCUT2D eigenvalue weighted by Gasteiger charge is -2.07. The molecule has 0 bridgehead atoms. The molecule has 6 heteroatoms. The molecule has 2 aromatic rings. The number of nitrogens with zero attached hydrogens (tertiary/aromatic N) is 1. The van der Waals surface area contributed by atoms with Gasteiger partial charge in [0.25, 0.3) is 0 Å². The number of esters is 1. The highest BCUT2D eigenvalue weighted by molar-refractivity contribution is 6.43. The number of ether oxygens (including phenoxy) is 1. The fourth-order valence-electron chi connectivity index (χ4n) is 1.81. The third kappa shape index (κ3) is 3.69. The Morgan fingerprint density at radius 1 is 1.00 bits per heavy atom. The predicted molar refractivity (Wildman–Crippen MR) is 80.4 cm³/mol. The fourth-order valence-corrected chi connectivity index (χ4v) is 1.81. The van der Waals surface area contributed by atoms with Crippen LogP contribution in [-0.4, -0.2) is 22.8 Å². The van der Waals surface area contributed by atoms with Crippen LogP contribution in [0.3, 0.4) is 0 Å². The number of rotatable bonds is 5. The van der Waals surface area contributed by atoms with Crippen LogP contribution in [0.2, 0.25) is 0 Å². The summed E-state index contributed by atoms with van der Waals surface area (Å²) < 4.78 is 5.15. The second-order valence-electron chi connectivity index (χ2n) is 4.42. The molecule has 0 fully saturated rings. The first-order chi connectivity index (χ1) is 10.6. The van der Waals surface area contributed by atoms with Gasteiger partial charge in [-0.15, -0.1) is 0 Å². The molecule has 0 saturated heterocycles. The van der Waals surface area contributed by atoms with Crippen LogP contribution in [0.5, 0.6) is 0 Å². The summed E-state index contributed by atoms with van der Waals surface area (Å²) in [6.07, 6.45) is 0. The summed E-state index contributed by atoms with van der Waals surface area (Å²) in [6, 6.07) is 14.8. The van der Waals surface area contributed by atoms with Gasteiger partial charge < -0.3 is 15.7 Å². The lowest BCUT2D eigenvalue weighted by atomic mass is 10.1. The normalized spacial score (nSPS) is 11.0. The number of aromatic carboxylic acids is 1. The van der Waals surface area contributed by atoms with Gasteiger partial charge in [-0.25, -0.2) is 9.59 Å². The molecule has 2 aromatic carbocycles. The Morgan fingerprint density at radius 3 is 2.14 bits per heavy atom. The van der Waals surface area contributed by atoms with Gasteiger partial charge in [-0.05, 0) is 17.7 Å². The first-order valence-electron chi connectivity index (χ1n) is 6.44. The number of hydrogen-bond donors (Lipinski definition) is 2. The second kappa shape index (κ2) is 7.03. The van der Waals surface area contributed by atoms with Crippen molar-refractivity contribution in [1.82, 2.24) is 0 Å². The van der Waals surface area contributed by atoms with Gasteiger partial charge in [0.15, 0.2) is 5.71 Å². The first-order valence-corrected chi connectivity index (χ1v) is 6.44. The van der Waals surface area contributed by atoms with E-state index in [4.69, 9.17) is 15.7 Å². The molecule has 0 unspecified atom stereocenters. The molecule has 0 radical (unpaired) electrons. The smallest absolute Gasteiger partial charge is 0.359 e. The molecule has 0 spiro atoms. The molecule has 2 rings (SSSR count). The lowest BCUT2D eigenvalue weighted by Crippen LogP contribution is -2.20. The Kier molecular flexibility index (Phi) is 4.87. The molecular formula is C16H14N2O4.